The van der Waals surface area contributed by atoms with Crippen LogP contribution in [0.5, 0.6) is 0 Å². The van der Waals surface area contributed by atoms with Gasteiger partial charge >= 0.3 is 0 Å². The lowest BCUT2D eigenvalue weighted by molar-refractivity contribution is -0.127. The zero-order chi connectivity index (χ0) is 12.8. The minimum atomic E-state index is -0.124. The van der Waals surface area contributed by atoms with Gasteiger partial charge in [0.2, 0.25) is 5.91 Å². The fraction of sp³-hybridized carbons (Fsp3) is 0.923. The van der Waals surface area contributed by atoms with Crippen LogP contribution in [0.3, 0.4) is 0 Å². The van der Waals surface area contributed by atoms with Crippen LogP contribution in [0, 0.1) is 11.8 Å². The smallest absolute Gasteiger partial charge is 0.226 e. The van der Waals surface area contributed by atoms with Crippen molar-refractivity contribution in [2.24, 2.45) is 11.8 Å². The van der Waals surface area contributed by atoms with Crippen molar-refractivity contribution >= 4 is 5.91 Å². The first-order chi connectivity index (χ1) is 8.08. The van der Waals surface area contributed by atoms with Crippen molar-refractivity contribution in [1.82, 2.24) is 5.32 Å². The van der Waals surface area contributed by atoms with Crippen molar-refractivity contribution < 1.29 is 14.6 Å². The highest BCUT2D eigenvalue weighted by molar-refractivity contribution is 5.79. The molecule has 1 aliphatic heterocycles. The zero-order valence-electron chi connectivity index (χ0n) is 11.1. The lowest BCUT2D eigenvalue weighted by atomic mass is 9.97. The maximum Gasteiger partial charge on any atom is 0.226 e. The van der Waals surface area contributed by atoms with Gasteiger partial charge in [0.15, 0.2) is 0 Å². The SMILES string of the molecule is CCC1OCCC1C(=O)NC(CO)CC(C)C. The molecule has 2 N–H and O–H groups in total. The third kappa shape index (κ3) is 4.28. The van der Waals surface area contributed by atoms with Crippen LogP contribution in [0.2, 0.25) is 0 Å². The van der Waals surface area contributed by atoms with Crippen molar-refractivity contribution in [3.63, 3.8) is 0 Å². The minimum Gasteiger partial charge on any atom is -0.394 e. The standard InChI is InChI=1S/C13H25NO3/c1-4-12-11(5-6-17-12)13(16)14-10(8-15)7-9(2)3/h9-12,15H,4-8H2,1-3H3,(H,14,16). The first-order valence-electron chi connectivity index (χ1n) is 6.61. The number of hydrogen-bond donors (Lipinski definition) is 2. The van der Waals surface area contributed by atoms with Crippen LogP contribution in [0.15, 0.2) is 0 Å². The first kappa shape index (κ1) is 14.5. The second kappa shape index (κ2) is 6.97. The Bertz CT molecular complexity index is 243. The van der Waals surface area contributed by atoms with E-state index in [4.69, 9.17) is 4.74 Å². The van der Waals surface area contributed by atoms with Crippen molar-refractivity contribution in [3.8, 4) is 0 Å². The van der Waals surface area contributed by atoms with E-state index in [1.165, 1.54) is 0 Å². The molecule has 100 valence electrons. The third-order valence-electron chi connectivity index (χ3n) is 3.27. The normalized spacial score (nSPS) is 26.2. The number of carbonyl (C=O) groups is 1. The Morgan fingerprint density at radius 2 is 2.24 bits per heavy atom. The van der Waals surface area contributed by atoms with E-state index >= 15 is 0 Å². The van der Waals surface area contributed by atoms with E-state index in [9.17, 15) is 9.90 Å². The second-order valence-electron chi connectivity index (χ2n) is 5.23. The lowest BCUT2D eigenvalue weighted by Gasteiger charge is -2.22. The average Bonchev–Trinajstić information content (AvgIpc) is 2.75. The van der Waals surface area contributed by atoms with Gasteiger partial charge in [-0.05, 0) is 25.2 Å². The fourth-order valence-corrected chi connectivity index (χ4v) is 2.41. The topological polar surface area (TPSA) is 58.6 Å². The molecular weight excluding hydrogens is 218 g/mol. The molecular formula is C13H25NO3. The molecule has 4 nitrogen and oxygen atoms in total. The van der Waals surface area contributed by atoms with Gasteiger partial charge in [0.1, 0.15) is 0 Å². The zero-order valence-corrected chi connectivity index (χ0v) is 11.1. The van der Waals surface area contributed by atoms with E-state index in [1.54, 1.807) is 0 Å². The Kier molecular flexibility index (Phi) is 5.92. The first-order valence-corrected chi connectivity index (χ1v) is 6.61. The van der Waals surface area contributed by atoms with Gasteiger partial charge < -0.3 is 15.2 Å². The van der Waals surface area contributed by atoms with Crippen LogP contribution >= 0.6 is 0 Å². The van der Waals surface area contributed by atoms with Crippen molar-refractivity contribution in [2.75, 3.05) is 13.2 Å². The Hall–Kier alpha value is -0.610. The molecule has 1 saturated heterocycles. The molecule has 1 aliphatic rings. The maximum absolute atomic E-state index is 12.1. The van der Waals surface area contributed by atoms with Gasteiger partial charge in [-0.1, -0.05) is 20.8 Å². The monoisotopic (exact) mass is 243 g/mol. The molecule has 0 radical (unpaired) electrons. The molecule has 1 fully saturated rings. The molecule has 1 rings (SSSR count). The molecule has 1 amide bonds. The largest absolute Gasteiger partial charge is 0.394 e. The molecule has 0 aromatic carbocycles. The summed E-state index contributed by atoms with van der Waals surface area (Å²) in [7, 11) is 0. The number of carbonyl (C=O) groups excluding carboxylic acids is 1. The van der Waals surface area contributed by atoms with E-state index < -0.39 is 0 Å². The van der Waals surface area contributed by atoms with Gasteiger partial charge in [-0.15, -0.1) is 0 Å². The molecule has 0 bridgehead atoms. The van der Waals surface area contributed by atoms with Gasteiger partial charge in [0, 0.05) is 6.61 Å². The summed E-state index contributed by atoms with van der Waals surface area (Å²) in [6.45, 7) is 6.89. The van der Waals surface area contributed by atoms with Gasteiger partial charge in [-0.25, -0.2) is 0 Å². The minimum absolute atomic E-state index is 0.00822. The quantitative estimate of drug-likeness (QED) is 0.740. The number of nitrogens with one attached hydrogen (secondary N) is 1. The molecule has 0 saturated carbocycles. The molecule has 0 aromatic heterocycles. The number of ether oxygens (including phenoxy) is 1. The number of hydrogen-bond acceptors (Lipinski definition) is 3. The van der Waals surface area contributed by atoms with E-state index in [-0.39, 0.29) is 30.6 Å². The van der Waals surface area contributed by atoms with Gasteiger partial charge in [0.05, 0.1) is 24.7 Å². The highest BCUT2D eigenvalue weighted by Gasteiger charge is 2.33. The molecule has 3 atom stereocenters. The third-order valence-corrected chi connectivity index (χ3v) is 3.27. The van der Waals surface area contributed by atoms with Crippen LogP contribution in [-0.2, 0) is 9.53 Å². The Morgan fingerprint density at radius 3 is 2.76 bits per heavy atom. The number of amides is 1. The molecule has 0 spiro atoms. The van der Waals surface area contributed by atoms with Gasteiger partial charge in [0.25, 0.3) is 0 Å². The van der Waals surface area contributed by atoms with Crippen LogP contribution in [0.1, 0.15) is 40.0 Å². The molecule has 17 heavy (non-hydrogen) atoms. The van der Waals surface area contributed by atoms with Crippen molar-refractivity contribution in [1.29, 1.82) is 0 Å². The van der Waals surface area contributed by atoms with E-state index in [0.717, 1.165) is 19.3 Å². The highest BCUT2D eigenvalue weighted by Crippen LogP contribution is 2.23. The summed E-state index contributed by atoms with van der Waals surface area (Å²) in [5, 5.41) is 12.2. The molecule has 4 heteroatoms. The second-order valence-corrected chi connectivity index (χ2v) is 5.23. The summed E-state index contributed by atoms with van der Waals surface area (Å²) in [4.78, 5) is 12.1. The van der Waals surface area contributed by atoms with Crippen molar-refractivity contribution in [3.05, 3.63) is 0 Å². The Labute approximate surface area is 104 Å². The molecule has 0 aliphatic carbocycles. The summed E-state index contributed by atoms with van der Waals surface area (Å²) in [6.07, 6.45) is 2.52. The van der Waals surface area contributed by atoms with E-state index in [2.05, 4.69) is 19.2 Å². The Balaban J connectivity index is 2.46. The van der Waals surface area contributed by atoms with Crippen molar-refractivity contribution in [2.45, 2.75) is 52.2 Å². The number of aliphatic hydroxyl groups is 1. The van der Waals surface area contributed by atoms with Gasteiger partial charge in [-0.3, -0.25) is 4.79 Å². The number of aliphatic hydroxyl groups excluding tert-OH is 1. The van der Waals surface area contributed by atoms with Crippen LogP contribution in [0.25, 0.3) is 0 Å². The predicted molar refractivity (Wildman–Crippen MR) is 66.6 cm³/mol. The summed E-state index contributed by atoms with van der Waals surface area (Å²) in [6, 6.07) is -0.124. The lowest BCUT2D eigenvalue weighted by Crippen LogP contribution is -2.43. The maximum atomic E-state index is 12.1. The summed E-state index contributed by atoms with van der Waals surface area (Å²) < 4.78 is 5.51. The van der Waals surface area contributed by atoms with E-state index in [1.807, 2.05) is 6.92 Å². The Morgan fingerprint density at radius 1 is 1.53 bits per heavy atom. The summed E-state index contributed by atoms with van der Waals surface area (Å²) >= 11 is 0. The van der Waals surface area contributed by atoms with Crippen LogP contribution in [0.4, 0.5) is 0 Å². The fourth-order valence-electron chi connectivity index (χ4n) is 2.41. The van der Waals surface area contributed by atoms with E-state index in [0.29, 0.717) is 12.5 Å². The summed E-state index contributed by atoms with van der Waals surface area (Å²) in [5.41, 5.74) is 0. The summed E-state index contributed by atoms with van der Waals surface area (Å²) in [5.74, 6) is 0.463. The molecule has 3 unspecified atom stereocenters. The highest BCUT2D eigenvalue weighted by atomic mass is 16.5. The average molecular weight is 243 g/mol. The molecule has 0 aromatic rings. The van der Waals surface area contributed by atoms with Crippen LogP contribution in [-0.4, -0.2) is 36.4 Å². The predicted octanol–water partition coefficient (Wildman–Crippen LogP) is 1.32. The van der Waals surface area contributed by atoms with Gasteiger partial charge in [-0.2, -0.15) is 0 Å². The number of rotatable bonds is 6. The van der Waals surface area contributed by atoms with Crippen LogP contribution < -0.4 is 5.32 Å². The molecule has 1 heterocycles.